The Morgan fingerprint density at radius 3 is 2.60 bits per heavy atom. The number of esters is 1. The summed E-state index contributed by atoms with van der Waals surface area (Å²) in [4.78, 5) is 35.6. The lowest BCUT2D eigenvalue weighted by atomic mass is 9.75. The summed E-state index contributed by atoms with van der Waals surface area (Å²) in [7, 11) is 1.18. The summed E-state index contributed by atoms with van der Waals surface area (Å²) in [5, 5.41) is 0.210. The predicted molar refractivity (Wildman–Crippen MR) is 112 cm³/mol. The molecule has 0 radical (unpaired) electrons. The number of amides is 1. The number of halogens is 1. The molecule has 0 unspecified atom stereocenters. The van der Waals surface area contributed by atoms with Crippen LogP contribution in [0.15, 0.2) is 30.5 Å². The van der Waals surface area contributed by atoms with E-state index in [0.29, 0.717) is 29.8 Å². The monoisotopic (exact) mass is 424 g/mol. The van der Waals surface area contributed by atoms with Crippen LogP contribution in [0.1, 0.15) is 35.2 Å². The van der Waals surface area contributed by atoms with Gasteiger partial charge in [0.1, 0.15) is 17.6 Å². The molecule has 1 amide bonds. The minimum Gasteiger partial charge on any atom is -0.465 e. The molecule has 0 atom stereocenters. The van der Waals surface area contributed by atoms with Gasteiger partial charge in [0.2, 0.25) is 0 Å². The highest BCUT2D eigenvalue weighted by atomic mass is 32.1. The van der Waals surface area contributed by atoms with Crippen LogP contribution >= 0.6 is 12.2 Å². The highest BCUT2D eigenvalue weighted by Gasteiger charge is 2.59. The molecule has 9 heteroatoms. The van der Waals surface area contributed by atoms with Crippen molar-refractivity contribution in [3.63, 3.8) is 0 Å². The number of carbonyl (C=O) groups is 2. The number of ether oxygens (including phenoxy) is 1. The van der Waals surface area contributed by atoms with Crippen molar-refractivity contribution < 1.29 is 18.7 Å². The molecule has 2 aliphatic rings. The predicted octanol–water partition coefficient (Wildman–Crippen LogP) is 3.93. The van der Waals surface area contributed by atoms with Gasteiger partial charge in [-0.25, -0.2) is 9.18 Å². The van der Waals surface area contributed by atoms with Gasteiger partial charge in [-0.05, 0) is 68.2 Å². The van der Waals surface area contributed by atoms with Gasteiger partial charge in [0.25, 0.3) is 11.7 Å². The first-order chi connectivity index (χ1) is 14.3. The standard InChI is InChI=1S/C21H17FN4O3S/c1-12-9-14(11-24-17(12)23-2)25-19(28)21(7-4-8-21)26(20(25)30)13-5-6-15(16(22)10-13)18(27)29-3/h5-6,9-11H,4,7-8H2,1,3H3. The van der Waals surface area contributed by atoms with Crippen molar-refractivity contribution in [2.45, 2.75) is 31.7 Å². The summed E-state index contributed by atoms with van der Waals surface area (Å²) < 4.78 is 19.2. The maximum absolute atomic E-state index is 14.6. The number of hydrogen-bond donors (Lipinski definition) is 0. The smallest absolute Gasteiger partial charge is 0.340 e. The van der Waals surface area contributed by atoms with Crippen LogP contribution in [0.2, 0.25) is 0 Å². The number of thiocarbonyl (C=S) groups is 1. The van der Waals surface area contributed by atoms with Crippen molar-refractivity contribution in [3.8, 4) is 0 Å². The third-order valence-corrected chi connectivity index (χ3v) is 5.97. The molecular weight excluding hydrogens is 407 g/mol. The number of hydrogen-bond acceptors (Lipinski definition) is 5. The van der Waals surface area contributed by atoms with Crippen molar-refractivity contribution in [1.82, 2.24) is 4.98 Å². The van der Waals surface area contributed by atoms with Gasteiger partial charge in [-0.2, -0.15) is 0 Å². The van der Waals surface area contributed by atoms with E-state index in [1.807, 2.05) is 0 Å². The molecule has 1 spiro atoms. The molecule has 0 bridgehead atoms. The fraction of sp³-hybridized carbons (Fsp3) is 0.286. The number of nitrogens with zero attached hydrogens (tertiary/aromatic N) is 4. The zero-order chi connectivity index (χ0) is 21.6. The zero-order valence-corrected chi connectivity index (χ0v) is 17.1. The summed E-state index contributed by atoms with van der Waals surface area (Å²) in [5.74, 6) is -1.47. The van der Waals surface area contributed by atoms with Crippen LogP contribution in [0.4, 0.5) is 21.6 Å². The molecule has 7 nitrogen and oxygen atoms in total. The van der Waals surface area contributed by atoms with Crippen LogP contribution in [0.5, 0.6) is 0 Å². The quantitative estimate of drug-likeness (QED) is 0.423. The number of benzene rings is 1. The third kappa shape index (κ3) is 2.75. The van der Waals surface area contributed by atoms with Crippen LogP contribution in [0.3, 0.4) is 0 Å². The molecule has 152 valence electrons. The van der Waals surface area contributed by atoms with Gasteiger partial charge in [-0.15, -0.1) is 4.98 Å². The van der Waals surface area contributed by atoms with E-state index < -0.39 is 17.3 Å². The Hall–Kier alpha value is -3.38. The molecule has 1 aromatic heterocycles. The Morgan fingerprint density at radius 2 is 2.07 bits per heavy atom. The van der Waals surface area contributed by atoms with Crippen molar-refractivity contribution in [3.05, 3.63) is 58.8 Å². The summed E-state index contributed by atoms with van der Waals surface area (Å²) in [6.07, 6.45) is 3.45. The minimum atomic E-state index is -0.886. The average Bonchev–Trinajstić information content (AvgIpc) is 2.94. The molecule has 1 aromatic carbocycles. The Bertz CT molecular complexity index is 1140. The Balaban J connectivity index is 1.78. The van der Waals surface area contributed by atoms with E-state index >= 15 is 0 Å². The highest BCUT2D eigenvalue weighted by Crippen LogP contribution is 2.48. The number of rotatable bonds is 3. The number of aryl methyl sites for hydroxylation is 1. The van der Waals surface area contributed by atoms with E-state index in [2.05, 4.69) is 14.6 Å². The largest absolute Gasteiger partial charge is 0.465 e. The first kappa shape index (κ1) is 19.9. The van der Waals surface area contributed by atoms with Gasteiger partial charge in [-0.3, -0.25) is 9.69 Å². The maximum atomic E-state index is 14.6. The van der Waals surface area contributed by atoms with Crippen LogP contribution in [0, 0.1) is 19.3 Å². The second kappa shape index (κ2) is 7.15. The van der Waals surface area contributed by atoms with Gasteiger partial charge in [0.15, 0.2) is 5.11 Å². The Labute approximate surface area is 177 Å². The first-order valence-corrected chi connectivity index (χ1v) is 9.65. The Morgan fingerprint density at radius 1 is 1.33 bits per heavy atom. The van der Waals surface area contributed by atoms with Crippen molar-refractivity contribution in [2.75, 3.05) is 16.9 Å². The van der Waals surface area contributed by atoms with Gasteiger partial charge in [0.05, 0.1) is 18.4 Å². The van der Waals surface area contributed by atoms with Gasteiger partial charge >= 0.3 is 5.97 Å². The lowest BCUT2D eigenvalue weighted by Crippen LogP contribution is -2.55. The van der Waals surface area contributed by atoms with Crippen LogP contribution in [-0.4, -0.2) is 34.6 Å². The number of anilines is 2. The number of aromatic nitrogens is 1. The van der Waals surface area contributed by atoms with Crippen LogP contribution < -0.4 is 9.80 Å². The second-order valence-corrected chi connectivity index (χ2v) is 7.61. The van der Waals surface area contributed by atoms with Crippen molar-refractivity contribution in [2.24, 2.45) is 0 Å². The van der Waals surface area contributed by atoms with E-state index in [1.165, 1.54) is 30.3 Å². The van der Waals surface area contributed by atoms with Gasteiger partial charge in [0, 0.05) is 5.69 Å². The average molecular weight is 424 g/mol. The van der Waals surface area contributed by atoms with E-state index in [0.717, 1.165) is 6.42 Å². The van der Waals surface area contributed by atoms with E-state index in [1.54, 1.807) is 24.0 Å². The molecular formula is C21H17FN4O3S. The number of carbonyl (C=O) groups excluding carboxylic acids is 2. The molecule has 2 heterocycles. The molecule has 4 rings (SSSR count). The summed E-state index contributed by atoms with van der Waals surface area (Å²) in [6.45, 7) is 8.89. The molecule has 30 heavy (non-hydrogen) atoms. The fourth-order valence-corrected chi connectivity index (χ4v) is 4.39. The minimum absolute atomic E-state index is 0.188. The Kier molecular flexibility index (Phi) is 4.74. The van der Waals surface area contributed by atoms with Crippen molar-refractivity contribution >= 4 is 46.4 Å². The molecule has 1 aliphatic heterocycles. The topological polar surface area (TPSA) is 67.1 Å². The maximum Gasteiger partial charge on any atom is 0.340 e. The van der Waals surface area contributed by atoms with E-state index in [9.17, 15) is 14.0 Å². The SMILES string of the molecule is [C-]#[N+]c1ncc(N2C(=O)C3(CCC3)N(c3ccc(C(=O)OC)c(F)c3)C2=S)cc1C. The lowest BCUT2D eigenvalue weighted by molar-refractivity contribution is -0.123. The molecule has 1 saturated heterocycles. The first-order valence-electron chi connectivity index (χ1n) is 9.25. The molecule has 1 saturated carbocycles. The fourth-order valence-electron chi connectivity index (χ4n) is 3.92. The number of methoxy groups -OCH3 is 1. The molecule has 2 fully saturated rings. The third-order valence-electron chi connectivity index (χ3n) is 5.61. The molecule has 2 aromatic rings. The van der Waals surface area contributed by atoms with E-state index in [-0.39, 0.29) is 22.4 Å². The van der Waals surface area contributed by atoms with Gasteiger partial charge < -0.3 is 14.5 Å². The summed E-state index contributed by atoms with van der Waals surface area (Å²) in [6, 6.07) is 5.78. The van der Waals surface area contributed by atoms with Crippen molar-refractivity contribution in [1.29, 1.82) is 0 Å². The second-order valence-electron chi connectivity index (χ2n) is 7.25. The van der Waals surface area contributed by atoms with E-state index in [4.69, 9.17) is 18.8 Å². The lowest BCUT2D eigenvalue weighted by Gasteiger charge is -2.43. The van der Waals surface area contributed by atoms with Crippen LogP contribution in [0.25, 0.3) is 4.85 Å². The molecule has 1 aliphatic carbocycles. The molecule has 0 N–H and O–H groups in total. The highest BCUT2D eigenvalue weighted by molar-refractivity contribution is 7.81. The normalized spacial score (nSPS) is 17.1. The van der Waals surface area contributed by atoms with Crippen LogP contribution in [-0.2, 0) is 9.53 Å². The zero-order valence-electron chi connectivity index (χ0n) is 16.3. The summed E-state index contributed by atoms with van der Waals surface area (Å²) in [5.41, 5.74) is 0.417. The van der Waals surface area contributed by atoms with Gasteiger partial charge in [-0.1, -0.05) is 6.57 Å². The number of pyridine rings is 1. The summed E-state index contributed by atoms with van der Waals surface area (Å²) >= 11 is 5.64.